The number of methoxy groups -OCH3 is 1. The van der Waals surface area contributed by atoms with Gasteiger partial charge in [-0.05, 0) is 31.2 Å². The van der Waals surface area contributed by atoms with Crippen molar-refractivity contribution in [3.8, 4) is 17.2 Å². The first kappa shape index (κ1) is 17.3. The Morgan fingerprint density at radius 3 is 2.21 bits per heavy atom. The van der Waals surface area contributed by atoms with Crippen LogP contribution in [-0.2, 0) is 0 Å². The van der Waals surface area contributed by atoms with Crippen LogP contribution in [0.4, 0.5) is 0 Å². The van der Waals surface area contributed by atoms with E-state index in [0.29, 0.717) is 17.1 Å². The fourth-order valence-electron chi connectivity index (χ4n) is 2.20. The van der Waals surface area contributed by atoms with Gasteiger partial charge < -0.3 is 19.9 Å². The first-order chi connectivity index (χ1) is 11.5. The van der Waals surface area contributed by atoms with Crippen LogP contribution in [0.1, 0.15) is 27.6 Å². The maximum atomic E-state index is 11.5. The van der Waals surface area contributed by atoms with E-state index in [1.165, 1.54) is 14.0 Å². The highest BCUT2D eigenvalue weighted by atomic mass is 16.5. The van der Waals surface area contributed by atoms with E-state index in [2.05, 4.69) is 0 Å². The predicted molar refractivity (Wildman–Crippen MR) is 88.9 cm³/mol. The summed E-state index contributed by atoms with van der Waals surface area (Å²) >= 11 is 0. The Morgan fingerprint density at radius 2 is 1.54 bits per heavy atom. The number of amides is 1. The summed E-state index contributed by atoms with van der Waals surface area (Å²) in [6, 6.07) is 11.9. The standard InChI is InChI=1S/C18H19NO5/c1-12(20)13-6-3-4-8-15(13)23-10-11-24-17-14(18(19)21)7-5-9-16(17)22-2/h3-9H,10-11H2,1-2H3,(H2,19,21). The van der Waals surface area contributed by atoms with Crippen molar-refractivity contribution in [2.75, 3.05) is 20.3 Å². The lowest BCUT2D eigenvalue weighted by Gasteiger charge is -2.14. The molecule has 0 saturated carbocycles. The van der Waals surface area contributed by atoms with Crippen molar-refractivity contribution in [1.82, 2.24) is 0 Å². The summed E-state index contributed by atoms with van der Waals surface area (Å²) in [5.41, 5.74) is 6.09. The molecular weight excluding hydrogens is 310 g/mol. The Hall–Kier alpha value is -3.02. The lowest BCUT2D eigenvalue weighted by atomic mass is 10.1. The van der Waals surface area contributed by atoms with E-state index in [0.717, 1.165) is 0 Å². The number of ketones is 1. The molecule has 2 rings (SSSR count). The highest BCUT2D eigenvalue weighted by Gasteiger charge is 2.15. The fourth-order valence-corrected chi connectivity index (χ4v) is 2.20. The van der Waals surface area contributed by atoms with Crippen LogP contribution in [0.5, 0.6) is 17.2 Å². The van der Waals surface area contributed by atoms with Crippen molar-refractivity contribution in [3.05, 3.63) is 53.6 Å². The van der Waals surface area contributed by atoms with Gasteiger partial charge in [0.1, 0.15) is 19.0 Å². The second-order valence-corrected chi connectivity index (χ2v) is 4.95. The fraction of sp³-hybridized carbons (Fsp3) is 0.222. The minimum absolute atomic E-state index is 0.0766. The van der Waals surface area contributed by atoms with Crippen molar-refractivity contribution < 1.29 is 23.8 Å². The Kier molecular flexibility index (Phi) is 5.78. The summed E-state index contributed by atoms with van der Waals surface area (Å²) < 4.78 is 16.4. The molecule has 0 bridgehead atoms. The molecule has 6 nitrogen and oxygen atoms in total. The average molecular weight is 329 g/mol. The Morgan fingerprint density at radius 1 is 0.917 bits per heavy atom. The molecule has 2 N–H and O–H groups in total. The minimum Gasteiger partial charge on any atom is -0.493 e. The molecule has 0 atom stereocenters. The SMILES string of the molecule is COc1cccc(C(N)=O)c1OCCOc1ccccc1C(C)=O. The number of rotatable bonds is 8. The molecule has 0 saturated heterocycles. The molecule has 0 aliphatic heterocycles. The molecule has 1 amide bonds. The lowest BCUT2D eigenvalue weighted by Crippen LogP contribution is -2.16. The predicted octanol–water partition coefficient (Wildman–Crippen LogP) is 2.45. The van der Waals surface area contributed by atoms with Gasteiger partial charge in [0, 0.05) is 0 Å². The van der Waals surface area contributed by atoms with Crippen LogP contribution in [0, 0.1) is 0 Å². The van der Waals surface area contributed by atoms with Gasteiger partial charge in [-0.2, -0.15) is 0 Å². The van der Waals surface area contributed by atoms with Gasteiger partial charge >= 0.3 is 0 Å². The third-order valence-electron chi connectivity index (χ3n) is 3.32. The molecule has 0 aliphatic rings. The normalized spacial score (nSPS) is 10.1. The monoisotopic (exact) mass is 329 g/mol. The Labute approximate surface area is 140 Å². The number of benzene rings is 2. The van der Waals surface area contributed by atoms with Crippen molar-refractivity contribution in [2.24, 2.45) is 5.73 Å². The number of Topliss-reactive ketones (excluding diaryl/α,β-unsaturated/α-hetero) is 1. The van der Waals surface area contributed by atoms with Gasteiger partial charge in [-0.15, -0.1) is 0 Å². The van der Waals surface area contributed by atoms with Gasteiger partial charge in [-0.3, -0.25) is 9.59 Å². The Bertz CT molecular complexity index is 742. The number of hydrogen-bond acceptors (Lipinski definition) is 5. The van der Waals surface area contributed by atoms with Gasteiger partial charge in [0.05, 0.1) is 18.2 Å². The van der Waals surface area contributed by atoms with E-state index in [1.807, 2.05) is 0 Å². The van der Waals surface area contributed by atoms with Gasteiger partial charge in [-0.25, -0.2) is 0 Å². The molecule has 0 fully saturated rings. The number of primary amides is 1. The van der Waals surface area contributed by atoms with E-state index in [9.17, 15) is 9.59 Å². The second-order valence-electron chi connectivity index (χ2n) is 4.95. The summed E-state index contributed by atoms with van der Waals surface area (Å²) in [7, 11) is 1.48. The number of carbonyl (C=O) groups excluding carboxylic acids is 2. The molecule has 0 aromatic heterocycles. The Balaban J connectivity index is 2.03. The van der Waals surface area contributed by atoms with Gasteiger partial charge in [-0.1, -0.05) is 18.2 Å². The highest BCUT2D eigenvalue weighted by molar-refractivity contribution is 5.97. The van der Waals surface area contributed by atoms with Crippen molar-refractivity contribution in [3.63, 3.8) is 0 Å². The van der Waals surface area contributed by atoms with Crippen LogP contribution < -0.4 is 19.9 Å². The molecule has 2 aromatic rings. The summed E-state index contributed by atoms with van der Waals surface area (Å²) in [5, 5.41) is 0. The molecule has 2 aromatic carbocycles. The van der Waals surface area contributed by atoms with Crippen LogP contribution in [-0.4, -0.2) is 32.0 Å². The van der Waals surface area contributed by atoms with E-state index >= 15 is 0 Å². The van der Waals surface area contributed by atoms with E-state index in [4.69, 9.17) is 19.9 Å². The molecule has 126 valence electrons. The lowest BCUT2D eigenvalue weighted by molar-refractivity contribution is 0.0987. The van der Waals surface area contributed by atoms with Crippen LogP contribution in [0.3, 0.4) is 0 Å². The summed E-state index contributed by atoms with van der Waals surface area (Å²) in [6.07, 6.45) is 0. The quantitative estimate of drug-likeness (QED) is 0.594. The van der Waals surface area contributed by atoms with Gasteiger partial charge in [0.15, 0.2) is 17.3 Å². The molecule has 0 spiro atoms. The topological polar surface area (TPSA) is 87.8 Å². The molecule has 0 radical (unpaired) electrons. The van der Waals surface area contributed by atoms with Gasteiger partial charge in [0.25, 0.3) is 5.91 Å². The number of hydrogen-bond donors (Lipinski definition) is 1. The molecule has 6 heteroatoms. The third-order valence-corrected chi connectivity index (χ3v) is 3.32. The van der Waals surface area contributed by atoms with Crippen molar-refractivity contribution >= 4 is 11.7 Å². The third kappa shape index (κ3) is 4.04. The van der Waals surface area contributed by atoms with Crippen LogP contribution >= 0.6 is 0 Å². The van der Waals surface area contributed by atoms with E-state index < -0.39 is 5.91 Å². The summed E-state index contributed by atoms with van der Waals surface area (Å²) in [6.45, 7) is 1.83. The number of para-hydroxylation sites is 2. The minimum atomic E-state index is -0.605. The largest absolute Gasteiger partial charge is 0.493 e. The van der Waals surface area contributed by atoms with Gasteiger partial charge in [0.2, 0.25) is 0 Å². The highest BCUT2D eigenvalue weighted by Crippen LogP contribution is 2.30. The van der Waals surface area contributed by atoms with Crippen LogP contribution in [0.2, 0.25) is 0 Å². The molecule has 0 unspecified atom stereocenters. The maximum Gasteiger partial charge on any atom is 0.252 e. The van der Waals surface area contributed by atoms with Crippen molar-refractivity contribution in [2.45, 2.75) is 6.92 Å². The van der Waals surface area contributed by atoms with Crippen LogP contribution in [0.25, 0.3) is 0 Å². The molecule has 0 aliphatic carbocycles. The first-order valence-corrected chi connectivity index (χ1v) is 7.37. The average Bonchev–Trinajstić information content (AvgIpc) is 2.58. The number of carbonyl (C=O) groups is 2. The van der Waals surface area contributed by atoms with E-state index in [1.54, 1.807) is 42.5 Å². The molecule has 24 heavy (non-hydrogen) atoms. The second kappa shape index (κ2) is 8.01. The number of nitrogens with two attached hydrogens (primary N) is 1. The zero-order chi connectivity index (χ0) is 17.5. The van der Waals surface area contributed by atoms with Crippen molar-refractivity contribution in [1.29, 1.82) is 0 Å². The smallest absolute Gasteiger partial charge is 0.252 e. The van der Waals surface area contributed by atoms with Crippen LogP contribution in [0.15, 0.2) is 42.5 Å². The first-order valence-electron chi connectivity index (χ1n) is 7.37. The molecule has 0 heterocycles. The van der Waals surface area contributed by atoms with E-state index in [-0.39, 0.29) is 30.3 Å². The maximum absolute atomic E-state index is 11.5. The zero-order valence-electron chi connectivity index (χ0n) is 13.6. The molecular formula is C18H19NO5. The summed E-state index contributed by atoms with van der Waals surface area (Å²) in [5.74, 6) is 0.495. The number of ether oxygens (including phenoxy) is 3. The summed E-state index contributed by atoms with van der Waals surface area (Å²) in [4.78, 5) is 23.0. The zero-order valence-corrected chi connectivity index (χ0v) is 13.6.